The molecule has 0 unspecified atom stereocenters. The third-order valence-corrected chi connectivity index (χ3v) is 7.20. The minimum atomic E-state index is -4.02. The fraction of sp³-hybridized carbons (Fsp3) is 0.364. The molecule has 4 rings (SSSR count). The number of thiophene rings is 1. The summed E-state index contributed by atoms with van der Waals surface area (Å²) in [6, 6.07) is 15.3. The first-order valence-electron chi connectivity index (χ1n) is 9.64. The van der Waals surface area contributed by atoms with Crippen LogP contribution in [0.3, 0.4) is 0 Å². The smallest absolute Gasteiger partial charge is 0.294 e. The summed E-state index contributed by atoms with van der Waals surface area (Å²) < 4.78 is 31.0. The Kier molecular flexibility index (Phi) is 6.88. The van der Waals surface area contributed by atoms with E-state index in [-0.39, 0.29) is 4.90 Å². The minimum Gasteiger partial charge on any atom is -0.317 e. The van der Waals surface area contributed by atoms with Crippen molar-refractivity contribution in [3.63, 3.8) is 0 Å². The van der Waals surface area contributed by atoms with Gasteiger partial charge in [0.05, 0.1) is 4.90 Å². The van der Waals surface area contributed by atoms with Crippen LogP contribution in [0.2, 0.25) is 0 Å². The Morgan fingerprint density at radius 1 is 1.07 bits per heavy atom. The van der Waals surface area contributed by atoms with Gasteiger partial charge in [0.2, 0.25) is 0 Å². The van der Waals surface area contributed by atoms with Crippen molar-refractivity contribution in [3.05, 3.63) is 64.5 Å². The third kappa shape index (κ3) is 5.41. The van der Waals surface area contributed by atoms with Gasteiger partial charge in [-0.05, 0) is 80.4 Å². The maximum absolute atomic E-state index is 10.5. The first-order chi connectivity index (χ1) is 13.4. The van der Waals surface area contributed by atoms with E-state index in [1.165, 1.54) is 53.7 Å². The molecule has 1 saturated heterocycles. The molecule has 0 spiro atoms. The summed E-state index contributed by atoms with van der Waals surface area (Å²) in [5.41, 5.74) is 2.41. The van der Waals surface area contributed by atoms with Gasteiger partial charge in [0.1, 0.15) is 0 Å². The van der Waals surface area contributed by atoms with Gasteiger partial charge < -0.3 is 5.32 Å². The second-order valence-corrected chi connectivity index (χ2v) is 9.72. The molecule has 2 aromatic carbocycles. The number of nitrogens with one attached hydrogen (secondary N) is 1. The Morgan fingerprint density at radius 2 is 1.75 bits per heavy atom. The summed E-state index contributed by atoms with van der Waals surface area (Å²) in [4.78, 5) is 1.53. The maximum Gasteiger partial charge on any atom is 0.294 e. The van der Waals surface area contributed by atoms with Crippen molar-refractivity contribution in [1.29, 1.82) is 0 Å². The lowest BCUT2D eigenvalue weighted by molar-refractivity contribution is 0.465. The number of fused-ring (bicyclic) bond motifs is 1. The van der Waals surface area contributed by atoms with Gasteiger partial charge in [-0.2, -0.15) is 8.42 Å². The Balaban J connectivity index is 0.000000178. The highest BCUT2D eigenvalue weighted by molar-refractivity contribution is 7.85. The average molecular weight is 418 g/mol. The second kappa shape index (κ2) is 9.18. The van der Waals surface area contributed by atoms with Gasteiger partial charge in [-0.15, -0.1) is 11.3 Å². The van der Waals surface area contributed by atoms with Gasteiger partial charge in [0, 0.05) is 9.58 Å². The monoisotopic (exact) mass is 417 g/mol. The van der Waals surface area contributed by atoms with Crippen molar-refractivity contribution in [2.45, 2.75) is 43.9 Å². The molecule has 1 aliphatic rings. The fourth-order valence-corrected chi connectivity index (χ4v) is 5.11. The molecule has 0 saturated carbocycles. The Bertz CT molecular complexity index is 1020. The van der Waals surface area contributed by atoms with Crippen LogP contribution in [0.1, 0.15) is 41.7 Å². The van der Waals surface area contributed by atoms with Crippen LogP contribution in [0.4, 0.5) is 0 Å². The zero-order chi connectivity index (χ0) is 20.1. The Morgan fingerprint density at radius 3 is 2.36 bits per heavy atom. The summed E-state index contributed by atoms with van der Waals surface area (Å²) >= 11 is 2.01. The Hall–Kier alpha value is -1.73. The molecule has 0 aliphatic carbocycles. The first kappa shape index (κ1) is 21.0. The second-order valence-electron chi connectivity index (χ2n) is 7.19. The van der Waals surface area contributed by atoms with Crippen LogP contribution >= 0.6 is 11.3 Å². The maximum atomic E-state index is 10.5. The highest BCUT2D eigenvalue weighted by Crippen LogP contribution is 2.35. The van der Waals surface area contributed by atoms with Crippen molar-refractivity contribution in [2.75, 3.05) is 13.1 Å². The van der Waals surface area contributed by atoms with E-state index in [0.717, 1.165) is 17.9 Å². The van der Waals surface area contributed by atoms with E-state index in [2.05, 4.69) is 36.5 Å². The summed E-state index contributed by atoms with van der Waals surface area (Å²) in [6.07, 6.45) is 3.73. The molecule has 0 bridgehead atoms. The van der Waals surface area contributed by atoms with Gasteiger partial charge in [0.15, 0.2) is 0 Å². The predicted octanol–water partition coefficient (Wildman–Crippen LogP) is 5.17. The summed E-state index contributed by atoms with van der Waals surface area (Å²) in [5, 5.41) is 4.87. The van der Waals surface area contributed by atoms with Crippen LogP contribution in [-0.4, -0.2) is 26.1 Å². The zero-order valence-electron chi connectivity index (χ0n) is 16.3. The molecular formula is C22H27NO3S2. The zero-order valence-corrected chi connectivity index (χ0v) is 17.9. The Labute approximate surface area is 171 Å². The van der Waals surface area contributed by atoms with Crippen molar-refractivity contribution < 1.29 is 13.0 Å². The fourth-order valence-electron chi connectivity index (χ4n) is 3.33. The topological polar surface area (TPSA) is 66.4 Å². The van der Waals surface area contributed by atoms with E-state index in [1.807, 2.05) is 18.3 Å². The summed E-state index contributed by atoms with van der Waals surface area (Å²) in [5.74, 6) is 0.790. The molecule has 4 nitrogen and oxygen atoms in total. The number of piperidine rings is 1. The normalized spacial score (nSPS) is 15.2. The van der Waals surface area contributed by atoms with Crippen LogP contribution in [0, 0.1) is 6.92 Å². The van der Waals surface area contributed by atoms with Crippen LogP contribution < -0.4 is 5.32 Å². The number of hydrogen-bond acceptors (Lipinski definition) is 4. The standard InChI is InChI=1S/C15H19NS.C7H8O3S/c1-2-11-3-4-13-10-15(17-14(13)9-11)12-5-7-16-8-6-12;1-6-2-4-7(5-3-6)11(8,9)10/h3-4,9-10,12,16H,2,5-8H2,1H3;2-5H,1H3,(H,8,9,10). The highest BCUT2D eigenvalue weighted by Gasteiger charge is 2.17. The summed E-state index contributed by atoms with van der Waals surface area (Å²) in [7, 11) is -4.02. The van der Waals surface area contributed by atoms with E-state index in [9.17, 15) is 8.42 Å². The van der Waals surface area contributed by atoms with Crippen LogP contribution in [0.5, 0.6) is 0 Å². The number of aryl methyl sites for hydroxylation is 2. The molecule has 150 valence electrons. The van der Waals surface area contributed by atoms with E-state index < -0.39 is 10.1 Å². The molecular weight excluding hydrogens is 390 g/mol. The highest BCUT2D eigenvalue weighted by atomic mass is 32.2. The van der Waals surface area contributed by atoms with Crippen molar-refractivity contribution >= 4 is 31.5 Å². The van der Waals surface area contributed by atoms with Gasteiger partial charge >= 0.3 is 0 Å². The number of benzene rings is 2. The number of rotatable bonds is 3. The van der Waals surface area contributed by atoms with E-state index in [1.54, 1.807) is 17.0 Å². The molecule has 2 N–H and O–H groups in total. The van der Waals surface area contributed by atoms with E-state index in [4.69, 9.17) is 4.55 Å². The first-order valence-corrected chi connectivity index (χ1v) is 11.9. The predicted molar refractivity (Wildman–Crippen MR) is 117 cm³/mol. The van der Waals surface area contributed by atoms with Gasteiger partial charge in [-0.25, -0.2) is 0 Å². The van der Waals surface area contributed by atoms with E-state index in [0.29, 0.717) is 0 Å². The van der Waals surface area contributed by atoms with Gasteiger partial charge in [-0.3, -0.25) is 4.55 Å². The van der Waals surface area contributed by atoms with Gasteiger partial charge in [0.25, 0.3) is 10.1 Å². The molecule has 1 aliphatic heterocycles. The lowest BCUT2D eigenvalue weighted by Crippen LogP contribution is -2.26. The minimum absolute atomic E-state index is 0.0666. The third-order valence-electron chi connectivity index (χ3n) is 5.07. The average Bonchev–Trinajstić information content (AvgIpc) is 3.12. The molecule has 3 aromatic rings. The van der Waals surface area contributed by atoms with Gasteiger partial charge in [-0.1, -0.05) is 36.8 Å². The largest absolute Gasteiger partial charge is 0.317 e. The quantitative estimate of drug-likeness (QED) is 0.577. The molecule has 28 heavy (non-hydrogen) atoms. The van der Waals surface area contributed by atoms with Crippen molar-refractivity contribution in [3.8, 4) is 0 Å². The lowest BCUT2D eigenvalue weighted by atomic mass is 9.96. The molecule has 0 atom stereocenters. The van der Waals surface area contributed by atoms with Crippen LogP contribution in [-0.2, 0) is 16.5 Å². The SMILES string of the molecule is CCc1ccc2cc(C3CCNCC3)sc2c1.Cc1ccc(S(=O)(=O)O)cc1. The van der Waals surface area contributed by atoms with Crippen molar-refractivity contribution in [2.24, 2.45) is 0 Å². The van der Waals surface area contributed by atoms with Crippen LogP contribution in [0.25, 0.3) is 10.1 Å². The lowest BCUT2D eigenvalue weighted by Gasteiger charge is -2.21. The van der Waals surface area contributed by atoms with Crippen LogP contribution in [0.15, 0.2) is 53.4 Å². The molecule has 2 heterocycles. The molecule has 0 radical (unpaired) electrons. The molecule has 6 heteroatoms. The molecule has 0 amide bonds. The molecule has 1 fully saturated rings. The summed E-state index contributed by atoms with van der Waals surface area (Å²) in [6.45, 7) is 6.43. The number of hydrogen-bond donors (Lipinski definition) is 2. The van der Waals surface area contributed by atoms with E-state index >= 15 is 0 Å². The molecule has 1 aromatic heterocycles. The van der Waals surface area contributed by atoms with Crippen molar-refractivity contribution in [1.82, 2.24) is 5.32 Å².